The monoisotopic (exact) mass is 372 g/mol. The highest BCUT2D eigenvalue weighted by Gasteiger charge is 2.55. The topological polar surface area (TPSA) is 61.8 Å². The van der Waals surface area contributed by atoms with Crippen molar-refractivity contribution in [3.63, 3.8) is 0 Å². The Hall–Kier alpha value is -1.80. The predicted octanol–water partition coefficient (Wildman–Crippen LogP) is 2.26. The van der Waals surface area contributed by atoms with Gasteiger partial charge in [0.05, 0.1) is 5.60 Å². The molecule has 0 aromatic heterocycles. The van der Waals surface area contributed by atoms with Crippen LogP contribution in [0, 0.1) is 17.8 Å². The maximum Gasteiger partial charge on any atom is 0.573 e. The molecule has 1 aliphatic carbocycles. The summed E-state index contributed by atoms with van der Waals surface area (Å²) >= 11 is 0. The summed E-state index contributed by atoms with van der Waals surface area (Å²) in [6.45, 7) is 6.52. The number of alkyl halides is 3. The molecule has 0 radical (unpaired) electrons. The molecule has 0 spiro atoms. The van der Waals surface area contributed by atoms with E-state index in [1.807, 2.05) is 0 Å². The van der Waals surface area contributed by atoms with Crippen molar-refractivity contribution in [3.05, 3.63) is 29.8 Å². The lowest BCUT2D eigenvalue weighted by molar-refractivity contribution is -0.274. The molecule has 26 heavy (non-hydrogen) atoms. The highest BCUT2D eigenvalue weighted by atomic mass is 19.4. The van der Waals surface area contributed by atoms with Crippen molar-refractivity contribution in [1.29, 1.82) is 0 Å². The van der Waals surface area contributed by atoms with Crippen molar-refractivity contribution in [2.24, 2.45) is 17.8 Å². The molecule has 2 unspecified atom stereocenters. The van der Waals surface area contributed by atoms with E-state index < -0.39 is 23.6 Å². The molecule has 1 aromatic rings. The van der Waals surface area contributed by atoms with Crippen LogP contribution in [0.15, 0.2) is 24.3 Å². The third-order valence-electron chi connectivity index (χ3n) is 4.89. The first-order valence-electron chi connectivity index (χ1n) is 8.60. The van der Waals surface area contributed by atoms with E-state index in [1.165, 1.54) is 12.1 Å². The number of nitrogens with one attached hydrogen (secondary N) is 1. The van der Waals surface area contributed by atoms with Gasteiger partial charge in [-0.1, -0.05) is 6.07 Å². The first-order valence-corrected chi connectivity index (χ1v) is 8.60. The lowest BCUT2D eigenvalue weighted by Crippen LogP contribution is -2.39. The smallest absolute Gasteiger partial charge is 0.406 e. The average molecular weight is 372 g/mol. The molecule has 1 saturated heterocycles. The predicted molar refractivity (Wildman–Crippen MR) is 88.7 cm³/mol. The Morgan fingerprint density at radius 2 is 1.96 bits per heavy atom. The Kier molecular flexibility index (Phi) is 4.92. The van der Waals surface area contributed by atoms with Crippen LogP contribution in [0.1, 0.15) is 24.2 Å². The molecule has 144 valence electrons. The largest absolute Gasteiger partial charge is 0.573 e. The van der Waals surface area contributed by atoms with Crippen molar-refractivity contribution in [3.8, 4) is 5.75 Å². The summed E-state index contributed by atoms with van der Waals surface area (Å²) in [6.07, 6.45) is -4.78. The first-order chi connectivity index (χ1) is 12.0. The molecule has 1 aromatic carbocycles. The van der Waals surface area contributed by atoms with Gasteiger partial charge in [-0.05, 0) is 49.8 Å². The Labute approximate surface area is 150 Å². The van der Waals surface area contributed by atoms with Crippen LogP contribution in [0.25, 0.3) is 0 Å². The SMILES string of the molecule is CC(C)(O)CN1CC2C(CNC(=O)c3cccc(OC(F)(F)F)c3)C2C1. The molecule has 1 amide bonds. The minimum atomic E-state index is -4.78. The maximum atomic E-state index is 12.3. The number of nitrogens with zero attached hydrogens (tertiary/aromatic N) is 1. The van der Waals surface area contributed by atoms with Crippen LogP contribution in [0.2, 0.25) is 0 Å². The van der Waals surface area contributed by atoms with E-state index in [-0.39, 0.29) is 5.56 Å². The van der Waals surface area contributed by atoms with Crippen LogP contribution in [0.3, 0.4) is 0 Å². The molecule has 2 aliphatic rings. The second-order valence-electron chi connectivity index (χ2n) is 7.78. The van der Waals surface area contributed by atoms with E-state index in [0.29, 0.717) is 30.8 Å². The molecular weight excluding hydrogens is 349 g/mol. The van der Waals surface area contributed by atoms with Gasteiger partial charge < -0.3 is 15.2 Å². The number of piperidine rings is 1. The zero-order valence-corrected chi connectivity index (χ0v) is 14.7. The van der Waals surface area contributed by atoms with Crippen LogP contribution in [-0.2, 0) is 0 Å². The lowest BCUT2D eigenvalue weighted by atomic mass is 10.1. The Morgan fingerprint density at radius 1 is 1.31 bits per heavy atom. The zero-order chi connectivity index (χ0) is 19.1. The quantitative estimate of drug-likeness (QED) is 0.804. The molecule has 2 atom stereocenters. The van der Waals surface area contributed by atoms with Crippen LogP contribution in [0.4, 0.5) is 13.2 Å². The molecule has 0 bridgehead atoms. The van der Waals surface area contributed by atoms with Crippen LogP contribution < -0.4 is 10.1 Å². The standard InChI is InChI=1S/C18H23F3N2O3/c1-17(2,25)10-23-8-14-13(15(14)9-23)7-22-16(24)11-4-3-5-12(6-11)26-18(19,20)21/h3-6,13-15,25H,7-10H2,1-2H3,(H,22,24). The zero-order valence-electron chi connectivity index (χ0n) is 14.7. The molecule has 1 aliphatic heterocycles. The Bertz CT molecular complexity index is 660. The molecule has 8 heteroatoms. The van der Waals surface area contributed by atoms with Gasteiger partial charge in [0.25, 0.3) is 5.91 Å². The van der Waals surface area contributed by atoms with E-state index in [0.717, 1.165) is 25.2 Å². The number of rotatable bonds is 6. The van der Waals surface area contributed by atoms with E-state index in [9.17, 15) is 23.1 Å². The Balaban J connectivity index is 1.46. The second kappa shape index (κ2) is 6.74. The summed E-state index contributed by atoms with van der Waals surface area (Å²) in [5, 5.41) is 12.7. The normalized spacial score (nSPS) is 25.7. The lowest BCUT2D eigenvalue weighted by Gasteiger charge is -2.27. The number of hydrogen-bond donors (Lipinski definition) is 2. The van der Waals surface area contributed by atoms with Gasteiger partial charge >= 0.3 is 6.36 Å². The van der Waals surface area contributed by atoms with E-state index in [4.69, 9.17) is 0 Å². The number of amides is 1. The summed E-state index contributed by atoms with van der Waals surface area (Å²) in [4.78, 5) is 14.4. The van der Waals surface area contributed by atoms with Crippen LogP contribution in [-0.4, -0.2) is 54.1 Å². The number of benzene rings is 1. The summed E-state index contributed by atoms with van der Waals surface area (Å²) < 4.78 is 40.6. The molecule has 1 saturated carbocycles. The highest BCUT2D eigenvalue weighted by molar-refractivity contribution is 5.94. The average Bonchev–Trinajstić information content (AvgIpc) is 2.94. The van der Waals surface area contributed by atoms with Gasteiger partial charge in [-0.15, -0.1) is 13.2 Å². The maximum absolute atomic E-state index is 12.3. The van der Waals surface area contributed by atoms with E-state index in [2.05, 4.69) is 15.0 Å². The van der Waals surface area contributed by atoms with Crippen LogP contribution >= 0.6 is 0 Å². The van der Waals surface area contributed by atoms with Gasteiger partial charge in [-0.25, -0.2) is 0 Å². The van der Waals surface area contributed by atoms with Crippen molar-refractivity contribution in [2.75, 3.05) is 26.2 Å². The third-order valence-corrected chi connectivity index (χ3v) is 4.89. The number of hydrogen-bond acceptors (Lipinski definition) is 4. The van der Waals surface area contributed by atoms with Gasteiger partial charge in [0.2, 0.25) is 0 Å². The van der Waals surface area contributed by atoms with Gasteiger partial charge in [-0.2, -0.15) is 0 Å². The fourth-order valence-electron chi connectivity index (χ4n) is 3.86. The van der Waals surface area contributed by atoms with Crippen molar-refractivity contribution in [2.45, 2.75) is 25.8 Å². The number of likely N-dealkylation sites (tertiary alicyclic amines) is 1. The summed E-state index contributed by atoms with van der Waals surface area (Å²) in [5.41, 5.74) is -0.578. The van der Waals surface area contributed by atoms with E-state index in [1.54, 1.807) is 13.8 Å². The van der Waals surface area contributed by atoms with Gasteiger partial charge in [0.15, 0.2) is 0 Å². The van der Waals surface area contributed by atoms with Gasteiger partial charge in [0, 0.05) is 31.7 Å². The van der Waals surface area contributed by atoms with Crippen molar-refractivity contribution < 1.29 is 27.8 Å². The molecule has 2 fully saturated rings. The molecule has 3 rings (SSSR count). The van der Waals surface area contributed by atoms with Crippen molar-refractivity contribution in [1.82, 2.24) is 10.2 Å². The fourth-order valence-corrected chi connectivity index (χ4v) is 3.86. The minimum absolute atomic E-state index is 0.140. The van der Waals surface area contributed by atoms with Crippen LogP contribution in [0.5, 0.6) is 5.75 Å². The molecular formula is C18H23F3N2O3. The number of carbonyl (C=O) groups excluding carboxylic acids is 1. The second-order valence-corrected chi connectivity index (χ2v) is 7.78. The summed E-state index contributed by atoms with van der Waals surface area (Å²) in [6, 6.07) is 5.06. The summed E-state index contributed by atoms with van der Waals surface area (Å²) in [7, 11) is 0. The molecule has 1 heterocycles. The van der Waals surface area contributed by atoms with Crippen molar-refractivity contribution >= 4 is 5.91 Å². The molecule has 5 nitrogen and oxygen atoms in total. The minimum Gasteiger partial charge on any atom is -0.406 e. The Morgan fingerprint density at radius 3 is 2.54 bits per heavy atom. The number of carbonyl (C=O) groups is 1. The summed E-state index contributed by atoms with van der Waals surface area (Å²) in [5.74, 6) is 0.605. The third kappa shape index (κ3) is 4.88. The van der Waals surface area contributed by atoms with Gasteiger partial charge in [-0.3, -0.25) is 9.69 Å². The molecule has 2 N–H and O–H groups in total. The number of halogens is 3. The number of β-amino-alcohol motifs (C(OH)–C–C–N with tert-alkyl or cyclic N) is 1. The first kappa shape index (κ1) is 19.0. The number of ether oxygens (including phenoxy) is 1. The van der Waals surface area contributed by atoms with E-state index >= 15 is 0 Å². The van der Waals surface area contributed by atoms with Gasteiger partial charge in [0.1, 0.15) is 5.75 Å². The number of aliphatic hydroxyl groups is 1. The fraction of sp³-hybridized carbons (Fsp3) is 0.611. The number of fused-ring (bicyclic) bond motifs is 1. The highest BCUT2D eigenvalue weighted by Crippen LogP contribution is 2.51.